The van der Waals surface area contributed by atoms with Gasteiger partial charge in [0, 0.05) is 37.7 Å². The maximum atomic E-state index is 7.99. The van der Waals surface area contributed by atoms with Crippen LogP contribution in [0.25, 0.3) is 33.1 Å². The van der Waals surface area contributed by atoms with Gasteiger partial charge in [0.25, 0.3) is 0 Å². The lowest BCUT2D eigenvalue weighted by molar-refractivity contribution is -0.660. The Labute approximate surface area is 139 Å². The first-order chi connectivity index (χ1) is 12.0. The van der Waals surface area contributed by atoms with E-state index in [9.17, 15) is 0 Å². The first-order valence-electron chi connectivity index (χ1n) is 8.96. The van der Waals surface area contributed by atoms with Crippen LogP contribution < -0.4 is 4.57 Å². The number of fused-ring (bicyclic) bond motifs is 3. The van der Waals surface area contributed by atoms with Crippen molar-refractivity contribution in [3.63, 3.8) is 0 Å². The van der Waals surface area contributed by atoms with Gasteiger partial charge in [-0.25, -0.2) is 4.57 Å². The van der Waals surface area contributed by atoms with Gasteiger partial charge in [-0.1, -0.05) is 30.3 Å². The van der Waals surface area contributed by atoms with Crippen molar-refractivity contribution in [2.45, 2.75) is 13.8 Å². The fourth-order valence-electron chi connectivity index (χ4n) is 3.62. The zero-order valence-electron chi connectivity index (χ0n) is 15.7. The lowest BCUT2D eigenvalue weighted by Crippen LogP contribution is -2.31. The summed E-state index contributed by atoms with van der Waals surface area (Å²) in [6, 6.07) is 16.5. The summed E-state index contributed by atoms with van der Waals surface area (Å²) in [4.78, 5) is 0. The van der Waals surface area contributed by atoms with Gasteiger partial charge in [-0.15, -0.1) is 0 Å². The molecule has 0 saturated heterocycles. The Morgan fingerprint density at radius 1 is 0.957 bits per heavy atom. The van der Waals surface area contributed by atoms with E-state index in [1.54, 1.807) is 0 Å². The molecule has 0 aliphatic carbocycles. The summed E-state index contributed by atoms with van der Waals surface area (Å²) < 4.78 is 20.2. The highest BCUT2D eigenvalue weighted by molar-refractivity contribution is 6.12. The minimum Gasteiger partial charge on any atom is -0.343 e. The third kappa shape index (κ3) is 1.91. The molecule has 0 saturated carbocycles. The molecule has 2 heteroatoms. The molecule has 114 valence electrons. The van der Waals surface area contributed by atoms with E-state index in [-0.39, 0.29) is 0 Å². The summed E-state index contributed by atoms with van der Waals surface area (Å²) in [6.07, 6.45) is 1.99. The predicted molar refractivity (Wildman–Crippen MR) is 96.5 cm³/mol. The van der Waals surface area contributed by atoms with E-state index < -0.39 is 6.88 Å². The van der Waals surface area contributed by atoms with Gasteiger partial charge in [0.15, 0.2) is 6.20 Å². The Hall–Kier alpha value is -2.61. The Kier molecular flexibility index (Phi) is 2.56. The molecule has 0 aliphatic rings. The Bertz CT molecular complexity index is 1110. The fourth-order valence-corrected chi connectivity index (χ4v) is 3.62. The lowest BCUT2D eigenvalue weighted by Gasteiger charge is -2.10. The van der Waals surface area contributed by atoms with Crippen molar-refractivity contribution < 1.29 is 7.31 Å². The second kappa shape index (κ2) is 4.95. The van der Waals surface area contributed by atoms with E-state index in [1.807, 2.05) is 29.9 Å². The molecule has 4 rings (SSSR count). The van der Waals surface area contributed by atoms with Crippen molar-refractivity contribution in [3.8, 4) is 11.3 Å². The normalized spacial score (nSPS) is 12.9. The third-order valence-electron chi connectivity index (χ3n) is 4.73. The smallest absolute Gasteiger partial charge is 0.217 e. The van der Waals surface area contributed by atoms with E-state index in [0.717, 1.165) is 27.9 Å². The number of aryl methyl sites for hydroxylation is 4. The quantitative estimate of drug-likeness (QED) is 0.460. The Morgan fingerprint density at radius 2 is 1.78 bits per heavy atom. The Balaban J connectivity index is 2.23. The van der Waals surface area contributed by atoms with Crippen molar-refractivity contribution in [2.75, 3.05) is 0 Å². The van der Waals surface area contributed by atoms with E-state index in [1.165, 1.54) is 16.3 Å². The van der Waals surface area contributed by atoms with Crippen LogP contribution in [0.1, 0.15) is 13.9 Å². The van der Waals surface area contributed by atoms with Gasteiger partial charge in [0.2, 0.25) is 5.69 Å². The topological polar surface area (TPSA) is 8.81 Å². The molecule has 2 aromatic heterocycles. The van der Waals surface area contributed by atoms with Crippen LogP contribution in [-0.4, -0.2) is 4.57 Å². The molecule has 0 unspecified atom stereocenters. The van der Waals surface area contributed by atoms with Crippen LogP contribution in [0.4, 0.5) is 0 Å². The monoisotopic (exact) mass is 303 g/mol. The van der Waals surface area contributed by atoms with Crippen molar-refractivity contribution in [1.29, 1.82) is 0 Å². The number of benzene rings is 2. The maximum absolute atomic E-state index is 7.99. The van der Waals surface area contributed by atoms with Crippen molar-refractivity contribution in [2.24, 2.45) is 14.1 Å². The summed E-state index contributed by atoms with van der Waals surface area (Å²) >= 11 is 0. The van der Waals surface area contributed by atoms with E-state index >= 15 is 0 Å². The zero-order valence-corrected chi connectivity index (χ0v) is 13.7. The van der Waals surface area contributed by atoms with Crippen molar-refractivity contribution >= 4 is 21.8 Å². The number of hydrogen-bond donors (Lipinski definition) is 0. The molecule has 0 spiro atoms. The highest BCUT2D eigenvalue weighted by atomic mass is 15.0. The first-order valence-corrected chi connectivity index (χ1v) is 7.81. The van der Waals surface area contributed by atoms with E-state index in [2.05, 4.69) is 54.9 Å². The summed E-state index contributed by atoms with van der Waals surface area (Å²) in [5, 5.41) is 2.44. The molecule has 0 radical (unpaired) electrons. The van der Waals surface area contributed by atoms with Crippen LogP contribution in [0.2, 0.25) is 0 Å². The number of hydrogen-bond acceptors (Lipinski definition) is 0. The second-order valence-electron chi connectivity index (χ2n) is 6.15. The number of rotatable bonds is 1. The highest BCUT2D eigenvalue weighted by Crippen LogP contribution is 2.37. The van der Waals surface area contributed by atoms with Crippen LogP contribution in [0.5, 0.6) is 0 Å². The highest BCUT2D eigenvalue weighted by Gasteiger charge is 2.21. The SMILES string of the molecule is [2H]C([2H])c1ccc[n+](C)c1-c1c(C)ccc2c3ccccc3n(C)c12. The minimum atomic E-state index is -1.02. The molecule has 0 bridgehead atoms. The number of para-hydroxylation sites is 1. The average molecular weight is 303 g/mol. The summed E-state index contributed by atoms with van der Waals surface area (Å²) in [5.74, 6) is 0. The summed E-state index contributed by atoms with van der Waals surface area (Å²) in [7, 11) is 4.08. The van der Waals surface area contributed by atoms with Crippen LogP contribution in [-0.2, 0) is 14.1 Å². The van der Waals surface area contributed by atoms with Gasteiger partial charge in [-0.3, -0.25) is 0 Å². The summed E-state index contributed by atoms with van der Waals surface area (Å²) in [5.41, 5.74) is 6.29. The molecule has 4 aromatic rings. The van der Waals surface area contributed by atoms with Crippen LogP contribution in [0.15, 0.2) is 54.7 Å². The molecule has 0 atom stereocenters. The molecule has 2 nitrogen and oxygen atoms in total. The van der Waals surface area contributed by atoms with Gasteiger partial charge in [-0.2, -0.15) is 0 Å². The van der Waals surface area contributed by atoms with Gasteiger partial charge < -0.3 is 4.57 Å². The van der Waals surface area contributed by atoms with Crippen LogP contribution in [0.3, 0.4) is 0 Å². The van der Waals surface area contributed by atoms with Gasteiger partial charge in [-0.05, 0) is 31.5 Å². The molecule has 0 amide bonds. The number of nitrogens with zero attached hydrogens (tertiary/aromatic N) is 2. The van der Waals surface area contributed by atoms with Gasteiger partial charge in [0.1, 0.15) is 7.05 Å². The zero-order chi connectivity index (χ0) is 17.7. The molecular formula is C21H21N2+. The largest absolute Gasteiger partial charge is 0.343 e. The van der Waals surface area contributed by atoms with E-state index in [0.29, 0.717) is 0 Å². The lowest BCUT2D eigenvalue weighted by atomic mass is 9.98. The average Bonchev–Trinajstić information content (AvgIpc) is 2.88. The van der Waals surface area contributed by atoms with E-state index in [4.69, 9.17) is 2.74 Å². The standard InChI is InChI=1S/C21H21N2/c1-14-11-12-17-16-9-5-6-10-18(16)23(4)21(17)19(14)20-15(2)8-7-13-22(20)3/h5-13H,1-4H3/q+1/i2D2. The van der Waals surface area contributed by atoms with Gasteiger partial charge in [0.05, 0.1) is 11.1 Å². The minimum absolute atomic E-state index is 0.728. The first kappa shape index (κ1) is 11.9. The molecule has 2 aromatic carbocycles. The molecular weight excluding hydrogens is 280 g/mol. The third-order valence-corrected chi connectivity index (χ3v) is 4.73. The molecule has 2 heterocycles. The van der Waals surface area contributed by atoms with Crippen LogP contribution >= 0.6 is 0 Å². The molecule has 0 aliphatic heterocycles. The Morgan fingerprint density at radius 3 is 2.61 bits per heavy atom. The van der Waals surface area contributed by atoms with Crippen molar-refractivity contribution in [3.05, 3.63) is 65.9 Å². The number of aromatic nitrogens is 2. The maximum Gasteiger partial charge on any atom is 0.217 e. The molecule has 23 heavy (non-hydrogen) atoms. The van der Waals surface area contributed by atoms with Crippen LogP contribution in [0, 0.1) is 13.8 Å². The fraction of sp³-hybridized carbons (Fsp3) is 0.190. The second-order valence-corrected chi connectivity index (χ2v) is 6.15. The summed E-state index contributed by atoms with van der Waals surface area (Å²) in [6.45, 7) is 1.08. The molecule has 0 N–H and O–H groups in total. The van der Waals surface area contributed by atoms with Gasteiger partial charge >= 0.3 is 0 Å². The van der Waals surface area contributed by atoms with Crippen molar-refractivity contribution in [1.82, 2.24) is 4.57 Å². The number of pyridine rings is 1. The molecule has 0 fully saturated rings. The predicted octanol–water partition coefficient (Wildman–Crippen LogP) is 4.44.